The fraction of sp³-hybridized carbons (Fsp3) is 0.581. The Balaban J connectivity index is 1.54. The van der Waals surface area contributed by atoms with Crippen molar-refractivity contribution in [3.8, 4) is 11.4 Å². The zero-order chi connectivity index (χ0) is 27.7. The molecule has 2 fully saturated rings. The Labute approximate surface area is 231 Å². The van der Waals surface area contributed by atoms with E-state index in [0.29, 0.717) is 72.1 Å². The van der Waals surface area contributed by atoms with Crippen molar-refractivity contribution in [2.24, 2.45) is 29.6 Å². The van der Waals surface area contributed by atoms with Crippen LogP contribution >= 0.6 is 0 Å². The van der Waals surface area contributed by atoms with Gasteiger partial charge in [-0.15, -0.1) is 0 Å². The number of hydrogen-bond acceptors (Lipinski definition) is 4. The van der Waals surface area contributed by atoms with Gasteiger partial charge < -0.3 is 4.90 Å². The number of aryl methyl sites for hydroxylation is 1. The van der Waals surface area contributed by atoms with Gasteiger partial charge in [0.1, 0.15) is 11.3 Å². The van der Waals surface area contributed by atoms with E-state index in [9.17, 15) is 4.79 Å². The maximum atomic E-state index is 14.0. The summed E-state index contributed by atoms with van der Waals surface area (Å²) < 4.78 is 1.79. The first-order chi connectivity index (χ1) is 18.8. The third-order valence-electron chi connectivity index (χ3n) is 9.06. The summed E-state index contributed by atoms with van der Waals surface area (Å²) in [5, 5.41) is 3.40. The van der Waals surface area contributed by atoms with Crippen molar-refractivity contribution >= 4 is 17.2 Å². The number of amides is 1. The second-order valence-electron chi connectivity index (χ2n) is 12.0. The zero-order valence-corrected chi connectivity index (χ0v) is 23.9. The predicted molar refractivity (Wildman–Crippen MR) is 151 cm³/mol. The van der Waals surface area contributed by atoms with Crippen LogP contribution in [0, 0.1) is 43.1 Å². The number of H-pyrrole nitrogens is 1. The fourth-order valence-corrected chi connectivity index (χ4v) is 6.94. The van der Waals surface area contributed by atoms with Crippen LogP contribution in [0.25, 0.3) is 21.9 Å². The van der Waals surface area contributed by atoms with Gasteiger partial charge in [-0.3, -0.25) is 9.89 Å². The number of carbonyl (C=O) groups is 1. The first-order valence-corrected chi connectivity index (χ1v) is 14.3. The molecule has 5 rings (SSSR count). The molecule has 1 saturated heterocycles. The van der Waals surface area contributed by atoms with Gasteiger partial charge in [-0.25, -0.2) is 24.1 Å². The van der Waals surface area contributed by atoms with Crippen molar-refractivity contribution < 1.29 is 14.6 Å². The van der Waals surface area contributed by atoms with E-state index in [2.05, 4.69) is 49.8 Å². The third-order valence-corrected chi connectivity index (χ3v) is 9.06. The normalized spacial score (nSPS) is 24.3. The summed E-state index contributed by atoms with van der Waals surface area (Å²) in [5.41, 5.74) is 4.63. The van der Waals surface area contributed by atoms with E-state index in [1.165, 1.54) is 25.5 Å². The average molecular weight is 532 g/mol. The first kappa shape index (κ1) is 27.4. The molecule has 1 saturated carbocycles. The smallest absolute Gasteiger partial charge is 0.261 e. The van der Waals surface area contributed by atoms with Gasteiger partial charge in [0.25, 0.3) is 5.91 Å². The number of carbonyl (C=O) groups excluding carboxylic acids is 1. The maximum Gasteiger partial charge on any atom is 0.261 e. The lowest BCUT2D eigenvalue weighted by Crippen LogP contribution is -2.40. The van der Waals surface area contributed by atoms with Crippen LogP contribution in [-0.4, -0.2) is 52.2 Å². The molecule has 2 aliphatic rings. The van der Waals surface area contributed by atoms with Crippen molar-refractivity contribution in [1.82, 2.24) is 19.5 Å². The fourth-order valence-electron chi connectivity index (χ4n) is 6.94. The predicted octanol–water partition coefficient (Wildman–Crippen LogP) is 6.48. The number of piperidine rings is 1. The molecule has 2 unspecified atom stereocenters. The van der Waals surface area contributed by atoms with Crippen LogP contribution in [0.4, 0.5) is 5.69 Å². The largest absolute Gasteiger partial charge is 0.338 e. The molecule has 8 heteroatoms. The number of aromatic nitrogens is 3. The van der Waals surface area contributed by atoms with E-state index < -0.39 is 0 Å². The molecular formula is C31H41N5O3. The number of likely N-dealkylation sites (tertiary alicyclic amines) is 1. The lowest BCUT2D eigenvalue weighted by atomic mass is 9.67. The minimum absolute atomic E-state index is 0.106. The van der Waals surface area contributed by atoms with Crippen LogP contribution in [0.2, 0.25) is 0 Å². The molecule has 2 atom stereocenters. The molecule has 1 aromatic carbocycles. The molecule has 208 valence electrons. The van der Waals surface area contributed by atoms with Gasteiger partial charge in [-0.1, -0.05) is 50.6 Å². The lowest BCUT2D eigenvalue weighted by Gasteiger charge is -2.38. The van der Waals surface area contributed by atoms with Gasteiger partial charge in [-0.05, 0) is 68.6 Å². The number of nitrogens with zero attached hydrogens (tertiary/aromatic N) is 4. The first-order valence-electron chi connectivity index (χ1n) is 14.3. The van der Waals surface area contributed by atoms with E-state index in [1.807, 2.05) is 17.0 Å². The highest BCUT2D eigenvalue weighted by molar-refractivity contribution is 6.01. The summed E-state index contributed by atoms with van der Waals surface area (Å²) >= 11 is 0. The van der Waals surface area contributed by atoms with Gasteiger partial charge in [0.05, 0.1) is 20.3 Å². The number of benzene rings is 1. The summed E-state index contributed by atoms with van der Waals surface area (Å²) in [7, 11) is 1.52. The molecule has 1 aliphatic carbocycles. The molecule has 0 spiro atoms. The number of nitrogens with one attached hydrogen (secondary N) is 1. The van der Waals surface area contributed by atoms with E-state index in [1.54, 1.807) is 4.52 Å². The Morgan fingerprint density at radius 1 is 1.13 bits per heavy atom. The van der Waals surface area contributed by atoms with Crippen LogP contribution in [0.1, 0.15) is 68.1 Å². The lowest BCUT2D eigenvalue weighted by molar-refractivity contribution is -0.281. The van der Waals surface area contributed by atoms with Crippen molar-refractivity contribution in [2.45, 2.75) is 59.8 Å². The Hall–Kier alpha value is -3.15. The minimum atomic E-state index is -0.106. The molecule has 0 radical (unpaired) electrons. The Kier molecular flexibility index (Phi) is 8.11. The zero-order valence-electron chi connectivity index (χ0n) is 23.9. The van der Waals surface area contributed by atoms with E-state index in [4.69, 9.17) is 21.3 Å². The molecule has 0 bridgehead atoms. The van der Waals surface area contributed by atoms with E-state index in [0.717, 1.165) is 30.4 Å². The van der Waals surface area contributed by atoms with Gasteiger partial charge in [0.2, 0.25) is 5.69 Å². The van der Waals surface area contributed by atoms with Gasteiger partial charge >= 0.3 is 0 Å². The van der Waals surface area contributed by atoms with E-state index in [-0.39, 0.29) is 5.91 Å². The molecule has 3 aromatic rings. The van der Waals surface area contributed by atoms with Crippen molar-refractivity contribution in [3.05, 3.63) is 52.5 Å². The summed E-state index contributed by atoms with van der Waals surface area (Å²) in [6.45, 7) is 19.0. The highest BCUT2D eigenvalue weighted by Gasteiger charge is 2.36. The number of hydrogen-bond donors (Lipinski definition) is 1. The molecule has 1 aliphatic heterocycles. The van der Waals surface area contributed by atoms with Gasteiger partial charge in [0.15, 0.2) is 5.82 Å². The molecular weight excluding hydrogens is 490 g/mol. The number of aromatic amines is 1. The van der Waals surface area contributed by atoms with Gasteiger partial charge in [0, 0.05) is 24.2 Å². The standard InChI is InChI=1S/C31H41N5O3/c1-19-7-9-24(10-8-19)29-33-30-26(17-25-21(3)15-20(2)16-22(25)4)27(32-5)28(36(30)34-29)31(37)35-13-11-23(12-14-35)18-39-38-6/h7-10,20-23,25H,11-18H2,1-4,6H3,(H,33,34). The third kappa shape index (κ3) is 5.48. The highest BCUT2D eigenvalue weighted by atomic mass is 17.2. The summed E-state index contributed by atoms with van der Waals surface area (Å²) in [4.78, 5) is 34.8. The van der Waals surface area contributed by atoms with E-state index >= 15 is 0 Å². The van der Waals surface area contributed by atoms with Crippen LogP contribution in [0.5, 0.6) is 0 Å². The minimum Gasteiger partial charge on any atom is -0.338 e. The summed E-state index contributed by atoms with van der Waals surface area (Å²) in [5.74, 6) is 3.24. The van der Waals surface area contributed by atoms with Crippen LogP contribution in [0.3, 0.4) is 0 Å². The molecule has 1 amide bonds. The molecule has 1 N–H and O–H groups in total. The van der Waals surface area contributed by atoms with Gasteiger partial charge in [-0.2, -0.15) is 0 Å². The molecule has 2 aromatic heterocycles. The molecule has 8 nitrogen and oxygen atoms in total. The SMILES string of the molecule is [C-]#[N+]c1c(CC2C(C)CC(C)CC2C)c2nc(-c3ccc(C)cc3)[nH]n2c1C(=O)N1CCC(COOC)CC1. The summed E-state index contributed by atoms with van der Waals surface area (Å²) in [6.07, 6.45) is 4.84. The number of fused-ring (bicyclic) bond motifs is 1. The monoisotopic (exact) mass is 531 g/mol. The summed E-state index contributed by atoms with van der Waals surface area (Å²) in [6, 6.07) is 8.22. The quantitative estimate of drug-likeness (QED) is 0.215. The second kappa shape index (κ2) is 11.5. The van der Waals surface area contributed by atoms with Crippen LogP contribution in [-0.2, 0) is 16.2 Å². The number of rotatable bonds is 7. The van der Waals surface area contributed by atoms with Crippen molar-refractivity contribution in [2.75, 3.05) is 26.8 Å². The van der Waals surface area contributed by atoms with Crippen molar-refractivity contribution in [1.29, 1.82) is 0 Å². The second-order valence-corrected chi connectivity index (χ2v) is 12.0. The molecule has 39 heavy (non-hydrogen) atoms. The Bertz CT molecular complexity index is 1330. The topological polar surface area (TPSA) is 76.2 Å². The Morgan fingerprint density at radius 3 is 2.41 bits per heavy atom. The van der Waals surface area contributed by atoms with Crippen LogP contribution in [0.15, 0.2) is 24.3 Å². The highest BCUT2D eigenvalue weighted by Crippen LogP contribution is 2.43. The average Bonchev–Trinajstić information content (AvgIpc) is 3.47. The maximum absolute atomic E-state index is 14.0. The van der Waals surface area contributed by atoms with Crippen LogP contribution < -0.4 is 0 Å². The Morgan fingerprint density at radius 2 is 1.79 bits per heavy atom. The molecule has 3 heterocycles. The van der Waals surface area contributed by atoms with Crippen molar-refractivity contribution in [3.63, 3.8) is 0 Å².